The molecule has 2 saturated carbocycles. The van der Waals surface area contributed by atoms with Crippen LogP contribution in [0.5, 0.6) is 0 Å². The molecular formula is C18H34N2. The summed E-state index contributed by atoms with van der Waals surface area (Å²) in [6.07, 6.45) is 11.9. The smallest absolute Gasteiger partial charge is 0.0244 e. The number of piperazine rings is 1. The highest BCUT2D eigenvalue weighted by atomic mass is 15.2. The van der Waals surface area contributed by atoms with Gasteiger partial charge in [-0.1, -0.05) is 46.0 Å². The van der Waals surface area contributed by atoms with Crippen LogP contribution in [0, 0.1) is 17.8 Å². The lowest BCUT2D eigenvalue weighted by Crippen LogP contribution is -2.59. The Morgan fingerprint density at radius 3 is 2.45 bits per heavy atom. The minimum atomic E-state index is 0.772. The van der Waals surface area contributed by atoms with Gasteiger partial charge in [-0.15, -0.1) is 0 Å². The average Bonchev–Trinajstić information content (AvgIpc) is 3.30. The summed E-state index contributed by atoms with van der Waals surface area (Å²) >= 11 is 0. The highest BCUT2D eigenvalue weighted by Crippen LogP contribution is 2.35. The van der Waals surface area contributed by atoms with Crippen molar-refractivity contribution in [1.29, 1.82) is 0 Å². The van der Waals surface area contributed by atoms with Gasteiger partial charge in [0.2, 0.25) is 0 Å². The molecule has 3 aliphatic rings. The molecule has 116 valence electrons. The summed E-state index contributed by atoms with van der Waals surface area (Å²) in [5.41, 5.74) is 0. The molecule has 0 aromatic rings. The zero-order valence-electron chi connectivity index (χ0n) is 13.6. The molecule has 0 amide bonds. The van der Waals surface area contributed by atoms with Crippen molar-refractivity contribution in [2.75, 3.05) is 19.6 Å². The summed E-state index contributed by atoms with van der Waals surface area (Å²) < 4.78 is 0. The van der Waals surface area contributed by atoms with Crippen LogP contribution in [0.2, 0.25) is 0 Å². The third kappa shape index (κ3) is 3.76. The molecule has 1 saturated heterocycles. The molecule has 2 aliphatic carbocycles. The molecule has 1 aliphatic heterocycles. The van der Waals surface area contributed by atoms with Gasteiger partial charge in [-0.3, -0.25) is 4.90 Å². The summed E-state index contributed by atoms with van der Waals surface area (Å²) in [5, 5.41) is 3.84. The van der Waals surface area contributed by atoms with Crippen molar-refractivity contribution in [3.05, 3.63) is 0 Å². The molecule has 1 N–H and O–H groups in total. The van der Waals surface area contributed by atoms with E-state index >= 15 is 0 Å². The van der Waals surface area contributed by atoms with Gasteiger partial charge >= 0.3 is 0 Å². The monoisotopic (exact) mass is 278 g/mol. The van der Waals surface area contributed by atoms with Crippen LogP contribution < -0.4 is 5.32 Å². The molecule has 2 nitrogen and oxygen atoms in total. The normalized spacial score (nSPS) is 33.8. The van der Waals surface area contributed by atoms with Crippen LogP contribution in [0.4, 0.5) is 0 Å². The predicted molar refractivity (Wildman–Crippen MR) is 85.9 cm³/mol. The molecule has 0 aromatic heterocycles. The Hall–Kier alpha value is -0.0800. The predicted octanol–water partition coefficient (Wildman–Crippen LogP) is 3.67. The topological polar surface area (TPSA) is 15.3 Å². The highest BCUT2D eigenvalue weighted by Gasteiger charge is 2.37. The van der Waals surface area contributed by atoms with E-state index in [-0.39, 0.29) is 0 Å². The summed E-state index contributed by atoms with van der Waals surface area (Å²) in [4.78, 5) is 2.85. The van der Waals surface area contributed by atoms with Gasteiger partial charge in [-0.25, -0.2) is 0 Å². The lowest BCUT2D eigenvalue weighted by molar-refractivity contribution is 0.0836. The van der Waals surface area contributed by atoms with E-state index in [1.54, 1.807) is 0 Å². The lowest BCUT2D eigenvalue weighted by atomic mass is 9.86. The first-order chi connectivity index (χ1) is 9.74. The van der Waals surface area contributed by atoms with Crippen molar-refractivity contribution in [2.24, 2.45) is 17.8 Å². The van der Waals surface area contributed by atoms with Crippen LogP contribution in [0.3, 0.4) is 0 Å². The van der Waals surface area contributed by atoms with Crippen LogP contribution in [-0.4, -0.2) is 36.6 Å². The summed E-state index contributed by atoms with van der Waals surface area (Å²) in [6, 6.07) is 1.57. The van der Waals surface area contributed by atoms with E-state index in [9.17, 15) is 0 Å². The Kier molecular flexibility index (Phi) is 5.04. The fourth-order valence-corrected chi connectivity index (χ4v) is 4.41. The maximum Gasteiger partial charge on any atom is 0.0244 e. The Morgan fingerprint density at radius 2 is 1.80 bits per heavy atom. The number of rotatable bonds is 5. The number of nitrogens with one attached hydrogen (secondary N) is 1. The largest absolute Gasteiger partial charge is 0.311 e. The van der Waals surface area contributed by atoms with E-state index in [1.807, 2.05) is 0 Å². The molecule has 0 radical (unpaired) electrons. The first-order valence-corrected chi connectivity index (χ1v) is 9.21. The first-order valence-electron chi connectivity index (χ1n) is 9.21. The second kappa shape index (κ2) is 6.79. The van der Waals surface area contributed by atoms with Crippen molar-refractivity contribution in [1.82, 2.24) is 10.2 Å². The van der Waals surface area contributed by atoms with Gasteiger partial charge in [0.25, 0.3) is 0 Å². The van der Waals surface area contributed by atoms with Gasteiger partial charge < -0.3 is 5.32 Å². The van der Waals surface area contributed by atoms with Gasteiger partial charge in [0.05, 0.1) is 0 Å². The van der Waals surface area contributed by atoms with Gasteiger partial charge in [-0.05, 0) is 43.6 Å². The van der Waals surface area contributed by atoms with Crippen LogP contribution >= 0.6 is 0 Å². The minimum absolute atomic E-state index is 0.772. The van der Waals surface area contributed by atoms with Crippen molar-refractivity contribution in [3.8, 4) is 0 Å². The van der Waals surface area contributed by atoms with E-state index in [4.69, 9.17) is 0 Å². The van der Waals surface area contributed by atoms with Crippen molar-refractivity contribution in [3.63, 3.8) is 0 Å². The second-order valence-corrected chi connectivity index (χ2v) is 7.95. The van der Waals surface area contributed by atoms with Crippen LogP contribution in [0.25, 0.3) is 0 Å². The Balaban J connectivity index is 1.51. The number of hydrogen-bond donors (Lipinski definition) is 1. The average molecular weight is 278 g/mol. The van der Waals surface area contributed by atoms with E-state index in [1.165, 1.54) is 71.0 Å². The van der Waals surface area contributed by atoms with Crippen molar-refractivity contribution < 1.29 is 0 Å². The van der Waals surface area contributed by atoms with E-state index in [0.717, 1.165) is 29.8 Å². The number of hydrogen-bond acceptors (Lipinski definition) is 2. The molecule has 0 aromatic carbocycles. The molecule has 0 bridgehead atoms. The standard InChI is InChI=1S/C18H34N2/c1-14(2)18-12-19-17(16-8-9-16)13-20(18)11-10-15-6-4-3-5-7-15/h14-19H,3-13H2,1-2H3. The maximum atomic E-state index is 3.84. The zero-order valence-corrected chi connectivity index (χ0v) is 13.6. The van der Waals surface area contributed by atoms with E-state index in [2.05, 4.69) is 24.1 Å². The SMILES string of the molecule is CC(C)C1CNC(C2CC2)CN1CCC1CCCCC1. The second-order valence-electron chi connectivity index (χ2n) is 7.95. The summed E-state index contributed by atoms with van der Waals surface area (Å²) in [6.45, 7) is 8.71. The Morgan fingerprint density at radius 1 is 1.05 bits per heavy atom. The third-order valence-electron chi connectivity index (χ3n) is 6.00. The molecule has 2 unspecified atom stereocenters. The van der Waals surface area contributed by atoms with Gasteiger partial charge in [0, 0.05) is 25.2 Å². The van der Waals surface area contributed by atoms with Crippen LogP contribution in [-0.2, 0) is 0 Å². The molecule has 0 spiro atoms. The summed E-state index contributed by atoms with van der Waals surface area (Å²) in [5.74, 6) is 2.82. The van der Waals surface area contributed by atoms with Crippen LogP contribution in [0.1, 0.15) is 65.2 Å². The zero-order chi connectivity index (χ0) is 13.9. The lowest BCUT2D eigenvalue weighted by Gasteiger charge is -2.43. The Bertz CT molecular complexity index is 292. The van der Waals surface area contributed by atoms with Crippen molar-refractivity contribution in [2.45, 2.75) is 77.3 Å². The maximum absolute atomic E-state index is 3.84. The molecule has 2 heteroatoms. The van der Waals surface area contributed by atoms with Gasteiger partial charge in [0.1, 0.15) is 0 Å². The molecule has 3 fully saturated rings. The van der Waals surface area contributed by atoms with Gasteiger partial charge in [0.15, 0.2) is 0 Å². The van der Waals surface area contributed by atoms with Gasteiger partial charge in [-0.2, -0.15) is 0 Å². The molecule has 20 heavy (non-hydrogen) atoms. The van der Waals surface area contributed by atoms with Crippen LogP contribution in [0.15, 0.2) is 0 Å². The molecule has 2 atom stereocenters. The van der Waals surface area contributed by atoms with E-state index in [0.29, 0.717) is 0 Å². The number of nitrogens with zero attached hydrogens (tertiary/aromatic N) is 1. The summed E-state index contributed by atoms with van der Waals surface area (Å²) in [7, 11) is 0. The third-order valence-corrected chi connectivity index (χ3v) is 6.00. The fourth-order valence-electron chi connectivity index (χ4n) is 4.41. The first kappa shape index (κ1) is 14.8. The highest BCUT2D eigenvalue weighted by molar-refractivity contribution is 4.95. The van der Waals surface area contributed by atoms with E-state index < -0.39 is 0 Å². The van der Waals surface area contributed by atoms with Crippen molar-refractivity contribution >= 4 is 0 Å². The fraction of sp³-hybridized carbons (Fsp3) is 1.00. The molecular weight excluding hydrogens is 244 g/mol. The molecule has 3 rings (SSSR count). The Labute approximate surface area is 125 Å². The minimum Gasteiger partial charge on any atom is -0.311 e. The molecule has 1 heterocycles. The quantitative estimate of drug-likeness (QED) is 0.825.